The second-order valence-corrected chi connectivity index (χ2v) is 5.77. The Bertz CT molecular complexity index is 418. The number of hydrogen-bond acceptors (Lipinski definition) is 3. The molecule has 1 aliphatic rings. The Labute approximate surface area is 99.2 Å². The Hall–Kier alpha value is -0.880. The van der Waals surface area contributed by atoms with Crippen LogP contribution >= 0.6 is 27.3 Å². The van der Waals surface area contributed by atoms with Crippen molar-refractivity contribution in [3.05, 3.63) is 20.8 Å². The van der Waals surface area contributed by atoms with E-state index < -0.39 is 11.9 Å². The molecule has 15 heavy (non-hydrogen) atoms. The summed E-state index contributed by atoms with van der Waals surface area (Å²) in [6.45, 7) is 0.613. The van der Waals surface area contributed by atoms with E-state index in [1.807, 2.05) is 6.07 Å². The molecule has 1 aromatic heterocycles. The molecule has 0 radical (unpaired) electrons. The number of hydrogen-bond donors (Lipinski definition) is 1. The number of halogens is 1. The van der Waals surface area contributed by atoms with Crippen molar-refractivity contribution in [2.75, 3.05) is 6.54 Å². The summed E-state index contributed by atoms with van der Waals surface area (Å²) < 4.78 is 0.905. The van der Waals surface area contributed by atoms with Crippen molar-refractivity contribution in [2.45, 2.75) is 12.5 Å². The number of carbonyl (C=O) groups excluding carboxylic acids is 2. The predicted octanol–water partition coefficient (Wildman–Crippen LogP) is 1.21. The monoisotopic (exact) mass is 288 g/mol. The maximum atomic E-state index is 11.9. The molecule has 6 heteroatoms. The standard InChI is InChI=1S/C9H9BrN2O2S/c10-7-2-1-6(15-7)9(14)12-4-3-5(12)8(11)13/h1-2,5H,3-4H2,(H2,11,13). The molecule has 2 heterocycles. The van der Waals surface area contributed by atoms with Gasteiger partial charge >= 0.3 is 0 Å². The lowest BCUT2D eigenvalue weighted by molar-refractivity contribution is -0.125. The molecule has 0 aromatic carbocycles. The van der Waals surface area contributed by atoms with Gasteiger partial charge in [0, 0.05) is 6.54 Å². The van der Waals surface area contributed by atoms with Crippen LogP contribution in [0.1, 0.15) is 16.1 Å². The maximum absolute atomic E-state index is 11.9. The SMILES string of the molecule is NC(=O)C1CCN1C(=O)c1ccc(Br)s1. The van der Waals surface area contributed by atoms with Crippen molar-refractivity contribution < 1.29 is 9.59 Å². The molecule has 1 aliphatic heterocycles. The molecule has 2 amide bonds. The number of amides is 2. The van der Waals surface area contributed by atoms with Crippen LogP contribution in [0.3, 0.4) is 0 Å². The molecule has 1 unspecified atom stereocenters. The first-order chi connectivity index (χ1) is 7.09. The largest absolute Gasteiger partial charge is 0.368 e. The van der Waals surface area contributed by atoms with Crippen LogP contribution in [-0.2, 0) is 4.79 Å². The van der Waals surface area contributed by atoms with Crippen molar-refractivity contribution >= 4 is 39.1 Å². The predicted molar refractivity (Wildman–Crippen MR) is 60.7 cm³/mol. The maximum Gasteiger partial charge on any atom is 0.264 e. The Morgan fingerprint density at radius 1 is 1.53 bits per heavy atom. The fourth-order valence-electron chi connectivity index (χ4n) is 1.50. The third-order valence-electron chi connectivity index (χ3n) is 2.39. The van der Waals surface area contributed by atoms with E-state index in [1.54, 1.807) is 6.07 Å². The van der Waals surface area contributed by atoms with Crippen molar-refractivity contribution in [1.29, 1.82) is 0 Å². The zero-order valence-electron chi connectivity index (χ0n) is 7.77. The van der Waals surface area contributed by atoms with Crippen molar-refractivity contribution in [3.8, 4) is 0 Å². The summed E-state index contributed by atoms with van der Waals surface area (Å²) in [7, 11) is 0. The van der Waals surface area contributed by atoms with Gasteiger partial charge in [-0.3, -0.25) is 9.59 Å². The minimum absolute atomic E-state index is 0.110. The summed E-state index contributed by atoms with van der Waals surface area (Å²) in [6.07, 6.45) is 0.674. The quantitative estimate of drug-likeness (QED) is 0.889. The van der Waals surface area contributed by atoms with Gasteiger partial charge in [0.15, 0.2) is 0 Å². The summed E-state index contributed by atoms with van der Waals surface area (Å²) in [6, 6.07) is 3.14. The third-order valence-corrected chi connectivity index (χ3v) is 4.00. The number of carbonyl (C=O) groups is 2. The summed E-state index contributed by atoms with van der Waals surface area (Å²) in [5.41, 5.74) is 5.17. The highest BCUT2D eigenvalue weighted by Crippen LogP contribution is 2.27. The topological polar surface area (TPSA) is 63.4 Å². The van der Waals surface area contributed by atoms with E-state index in [-0.39, 0.29) is 5.91 Å². The summed E-state index contributed by atoms with van der Waals surface area (Å²) >= 11 is 4.65. The second-order valence-electron chi connectivity index (χ2n) is 3.31. The van der Waals surface area contributed by atoms with Crippen molar-refractivity contribution in [1.82, 2.24) is 4.90 Å². The van der Waals surface area contributed by atoms with Gasteiger partial charge < -0.3 is 10.6 Å². The van der Waals surface area contributed by atoms with Gasteiger partial charge in [0.05, 0.1) is 8.66 Å². The smallest absolute Gasteiger partial charge is 0.264 e. The Balaban J connectivity index is 2.12. The van der Waals surface area contributed by atoms with Gasteiger partial charge in [-0.15, -0.1) is 11.3 Å². The molecule has 0 saturated carbocycles. The molecule has 0 aliphatic carbocycles. The van der Waals surface area contributed by atoms with Gasteiger partial charge in [0.25, 0.3) is 5.91 Å². The highest BCUT2D eigenvalue weighted by Gasteiger charge is 2.36. The molecule has 0 spiro atoms. The first-order valence-electron chi connectivity index (χ1n) is 4.45. The minimum atomic E-state index is -0.426. The van der Waals surface area contributed by atoms with Crippen molar-refractivity contribution in [2.24, 2.45) is 5.73 Å². The number of nitrogens with two attached hydrogens (primary N) is 1. The molecular weight excluding hydrogens is 280 g/mol. The van der Waals surface area contributed by atoms with Crippen LogP contribution in [0.4, 0.5) is 0 Å². The normalized spacial score (nSPS) is 19.8. The number of nitrogens with zero attached hydrogens (tertiary/aromatic N) is 1. The lowest BCUT2D eigenvalue weighted by atomic mass is 10.0. The van der Waals surface area contributed by atoms with Gasteiger partial charge in [-0.1, -0.05) is 0 Å². The van der Waals surface area contributed by atoms with Gasteiger partial charge in [-0.2, -0.15) is 0 Å². The van der Waals surface area contributed by atoms with Crippen LogP contribution in [0.25, 0.3) is 0 Å². The van der Waals surface area contributed by atoms with Gasteiger partial charge in [0.1, 0.15) is 6.04 Å². The lowest BCUT2D eigenvalue weighted by Gasteiger charge is -2.38. The van der Waals surface area contributed by atoms with Gasteiger partial charge in [-0.25, -0.2) is 0 Å². The molecule has 1 saturated heterocycles. The molecular formula is C9H9BrN2O2S. The Morgan fingerprint density at radius 3 is 2.67 bits per heavy atom. The van der Waals surface area contributed by atoms with Crippen LogP contribution in [-0.4, -0.2) is 29.3 Å². The van der Waals surface area contributed by atoms with Crippen LogP contribution in [0.5, 0.6) is 0 Å². The van der Waals surface area contributed by atoms with Crippen LogP contribution < -0.4 is 5.73 Å². The third kappa shape index (κ3) is 1.91. The number of primary amides is 1. The minimum Gasteiger partial charge on any atom is -0.368 e. The first kappa shape index (κ1) is 10.6. The first-order valence-corrected chi connectivity index (χ1v) is 6.06. The van der Waals surface area contributed by atoms with E-state index in [0.29, 0.717) is 17.8 Å². The Kier molecular flexibility index (Phi) is 2.79. The molecule has 1 atom stereocenters. The fraction of sp³-hybridized carbons (Fsp3) is 0.333. The molecule has 0 bridgehead atoms. The molecule has 1 aromatic rings. The van der Waals surface area contributed by atoms with Gasteiger partial charge in [-0.05, 0) is 34.5 Å². The number of thiophene rings is 1. The van der Waals surface area contributed by atoms with E-state index in [4.69, 9.17) is 5.73 Å². The highest BCUT2D eigenvalue weighted by atomic mass is 79.9. The van der Waals surface area contributed by atoms with Gasteiger partial charge in [0.2, 0.25) is 5.91 Å². The van der Waals surface area contributed by atoms with Crippen LogP contribution in [0.2, 0.25) is 0 Å². The summed E-state index contributed by atoms with van der Waals surface area (Å²) in [5, 5.41) is 0. The number of rotatable bonds is 2. The number of likely N-dealkylation sites (tertiary alicyclic amines) is 1. The van der Waals surface area contributed by atoms with E-state index >= 15 is 0 Å². The van der Waals surface area contributed by atoms with E-state index in [9.17, 15) is 9.59 Å². The molecule has 4 nitrogen and oxygen atoms in total. The molecule has 1 fully saturated rings. The lowest BCUT2D eigenvalue weighted by Crippen LogP contribution is -2.57. The van der Waals surface area contributed by atoms with Crippen molar-refractivity contribution in [3.63, 3.8) is 0 Å². The van der Waals surface area contributed by atoms with Crippen LogP contribution in [0, 0.1) is 0 Å². The summed E-state index contributed by atoms with van der Waals surface area (Å²) in [4.78, 5) is 25.0. The average molecular weight is 289 g/mol. The fourth-order valence-corrected chi connectivity index (χ4v) is 2.84. The average Bonchev–Trinajstić information content (AvgIpc) is 2.48. The van der Waals surface area contributed by atoms with E-state index in [0.717, 1.165) is 3.79 Å². The molecule has 2 rings (SSSR count). The second kappa shape index (κ2) is 3.94. The Morgan fingerprint density at radius 2 is 2.27 bits per heavy atom. The zero-order chi connectivity index (χ0) is 11.0. The molecule has 2 N–H and O–H groups in total. The highest BCUT2D eigenvalue weighted by molar-refractivity contribution is 9.11. The zero-order valence-corrected chi connectivity index (χ0v) is 10.2. The van der Waals surface area contributed by atoms with E-state index in [2.05, 4.69) is 15.9 Å². The molecule has 80 valence electrons. The van der Waals surface area contributed by atoms with Crippen LogP contribution in [0.15, 0.2) is 15.9 Å². The summed E-state index contributed by atoms with van der Waals surface area (Å²) in [5.74, 6) is -0.536. The van der Waals surface area contributed by atoms with E-state index in [1.165, 1.54) is 16.2 Å².